The SMILES string of the molecule is CC(=O)SC1=C(C(=O)OCc2ccc([N+](=O)[O-])cc2)N2C(=O)[C@@H]([C@@H](C)O)C2S1. The summed E-state index contributed by atoms with van der Waals surface area (Å²) in [6, 6.07) is 5.53. The maximum absolute atomic E-state index is 12.6. The van der Waals surface area contributed by atoms with Gasteiger partial charge in [-0.05, 0) is 36.4 Å². The maximum Gasteiger partial charge on any atom is 0.357 e. The van der Waals surface area contributed by atoms with Crippen molar-refractivity contribution in [3.63, 3.8) is 0 Å². The van der Waals surface area contributed by atoms with E-state index in [1.54, 1.807) is 0 Å². The molecule has 3 rings (SSSR count). The Morgan fingerprint density at radius 2 is 2.04 bits per heavy atom. The number of fused-ring (bicyclic) bond motifs is 1. The molecule has 2 aliphatic rings. The molecule has 1 amide bonds. The molecular formula is C17H16N2O7S2. The molecule has 0 aromatic heterocycles. The number of hydrogen-bond acceptors (Lipinski definition) is 9. The number of hydrogen-bond donors (Lipinski definition) is 1. The Bertz CT molecular complexity index is 882. The normalized spacial score (nSPS) is 21.8. The van der Waals surface area contributed by atoms with E-state index in [0.717, 1.165) is 11.8 Å². The molecule has 0 saturated carbocycles. The Morgan fingerprint density at radius 1 is 1.39 bits per heavy atom. The highest BCUT2D eigenvalue weighted by atomic mass is 32.2. The Kier molecular flexibility index (Phi) is 5.77. The molecule has 1 saturated heterocycles. The zero-order valence-corrected chi connectivity index (χ0v) is 16.5. The van der Waals surface area contributed by atoms with Crippen molar-refractivity contribution in [3.8, 4) is 0 Å². The van der Waals surface area contributed by atoms with Gasteiger partial charge in [0.05, 0.1) is 21.2 Å². The lowest BCUT2D eigenvalue weighted by atomic mass is 9.92. The quantitative estimate of drug-likeness (QED) is 0.316. The van der Waals surface area contributed by atoms with Crippen molar-refractivity contribution < 1.29 is 29.2 Å². The van der Waals surface area contributed by atoms with E-state index >= 15 is 0 Å². The third kappa shape index (κ3) is 3.77. The second-order valence-corrected chi connectivity index (χ2v) is 8.79. The van der Waals surface area contributed by atoms with Gasteiger partial charge in [0.25, 0.3) is 5.69 Å². The first-order valence-corrected chi connectivity index (χ1v) is 9.91. The van der Waals surface area contributed by atoms with Crippen LogP contribution in [-0.2, 0) is 25.7 Å². The van der Waals surface area contributed by atoms with Crippen LogP contribution in [0.3, 0.4) is 0 Å². The maximum atomic E-state index is 12.6. The fraction of sp³-hybridized carbons (Fsp3) is 0.353. The van der Waals surface area contributed by atoms with Crippen molar-refractivity contribution >= 4 is 46.2 Å². The summed E-state index contributed by atoms with van der Waals surface area (Å²) < 4.78 is 5.62. The number of aliphatic hydroxyl groups is 1. The van der Waals surface area contributed by atoms with Crippen molar-refractivity contribution in [1.82, 2.24) is 4.90 Å². The number of thioether (sulfide) groups is 2. The number of β-lactam (4-membered cyclic amide) rings is 1. The van der Waals surface area contributed by atoms with E-state index in [2.05, 4.69) is 0 Å². The predicted octanol–water partition coefficient (Wildman–Crippen LogP) is 2.00. The number of ether oxygens (including phenoxy) is 1. The molecule has 148 valence electrons. The average Bonchev–Trinajstić information content (AvgIpc) is 2.93. The molecule has 0 radical (unpaired) electrons. The predicted molar refractivity (Wildman–Crippen MR) is 102 cm³/mol. The van der Waals surface area contributed by atoms with Crippen molar-refractivity contribution in [2.24, 2.45) is 5.92 Å². The molecule has 2 aliphatic heterocycles. The molecule has 0 aliphatic carbocycles. The van der Waals surface area contributed by atoms with E-state index in [0.29, 0.717) is 9.80 Å². The van der Waals surface area contributed by atoms with Gasteiger partial charge in [-0.2, -0.15) is 0 Å². The molecule has 3 atom stereocenters. The van der Waals surface area contributed by atoms with Gasteiger partial charge in [0.1, 0.15) is 12.0 Å². The average molecular weight is 424 g/mol. The van der Waals surface area contributed by atoms with Crippen molar-refractivity contribution in [1.29, 1.82) is 0 Å². The first-order valence-electron chi connectivity index (χ1n) is 8.21. The largest absolute Gasteiger partial charge is 0.456 e. The van der Waals surface area contributed by atoms with E-state index in [1.165, 1.54) is 54.8 Å². The minimum atomic E-state index is -0.875. The highest BCUT2D eigenvalue weighted by Crippen LogP contribution is 2.54. The zero-order valence-electron chi connectivity index (χ0n) is 14.9. The minimum absolute atomic E-state index is 0.000915. The molecule has 0 bridgehead atoms. The minimum Gasteiger partial charge on any atom is -0.456 e. The van der Waals surface area contributed by atoms with Gasteiger partial charge in [0.15, 0.2) is 10.8 Å². The van der Waals surface area contributed by atoms with Crippen LogP contribution in [0.25, 0.3) is 0 Å². The zero-order chi connectivity index (χ0) is 20.6. The number of rotatable bonds is 6. The van der Waals surface area contributed by atoms with E-state index in [4.69, 9.17) is 4.74 Å². The monoisotopic (exact) mass is 424 g/mol. The van der Waals surface area contributed by atoms with Crippen LogP contribution in [0.2, 0.25) is 0 Å². The topological polar surface area (TPSA) is 127 Å². The van der Waals surface area contributed by atoms with E-state index < -0.39 is 34.2 Å². The summed E-state index contributed by atoms with van der Waals surface area (Å²) in [6.07, 6.45) is -0.875. The standard InChI is InChI=1S/C17H16N2O7S2/c1-8(20)12-14(22)18-13(17(27-9(2)21)28-15(12)18)16(23)26-7-10-3-5-11(6-4-10)19(24)25/h3-6,8,12,15,20H,7H2,1-2H3/t8-,12-,15?/m1/s1. The van der Waals surface area contributed by atoms with Gasteiger partial charge in [-0.15, -0.1) is 0 Å². The first-order chi connectivity index (χ1) is 13.2. The number of carbonyl (C=O) groups excluding carboxylic acids is 3. The van der Waals surface area contributed by atoms with Gasteiger partial charge < -0.3 is 9.84 Å². The summed E-state index contributed by atoms with van der Waals surface area (Å²) in [6.45, 7) is 2.71. The summed E-state index contributed by atoms with van der Waals surface area (Å²) in [5.41, 5.74) is 0.460. The fourth-order valence-electron chi connectivity index (χ4n) is 2.87. The van der Waals surface area contributed by atoms with Crippen molar-refractivity contribution in [2.75, 3.05) is 0 Å². The third-order valence-corrected chi connectivity index (χ3v) is 6.57. The van der Waals surface area contributed by atoms with Crippen LogP contribution in [0, 0.1) is 16.0 Å². The number of benzene rings is 1. The Hall–Kier alpha value is -2.37. The highest BCUT2D eigenvalue weighted by Gasteiger charge is 2.58. The molecular weight excluding hydrogens is 408 g/mol. The summed E-state index contributed by atoms with van der Waals surface area (Å²) in [7, 11) is 0. The Morgan fingerprint density at radius 3 is 2.57 bits per heavy atom. The van der Waals surface area contributed by atoms with Crippen molar-refractivity contribution in [2.45, 2.75) is 31.9 Å². The van der Waals surface area contributed by atoms with E-state index in [-0.39, 0.29) is 23.1 Å². The van der Waals surface area contributed by atoms with Crippen molar-refractivity contribution in [3.05, 3.63) is 49.9 Å². The number of esters is 1. The molecule has 0 spiro atoms. The lowest BCUT2D eigenvalue weighted by Crippen LogP contribution is -2.60. The van der Waals surface area contributed by atoms with E-state index in [9.17, 15) is 29.6 Å². The molecule has 11 heteroatoms. The molecule has 9 nitrogen and oxygen atoms in total. The van der Waals surface area contributed by atoms with Crippen LogP contribution in [0.15, 0.2) is 34.2 Å². The van der Waals surface area contributed by atoms with Crippen LogP contribution >= 0.6 is 23.5 Å². The van der Waals surface area contributed by atoms with Gasteiger partial charge in [-0.3, -0.25) is 24.6 Å². The van der Waals surface area contributed by atoms with Gasteiger partial charge in [-0.25, -0.2) is 4.79 Å². The van der Waals surface area contributed by atoms with Crippen LogP contribution < -0.4 is 0 Å². The number of amides is 1. The smallest absolute Gasteiger partial charge is 0.357 e. The van der Waals surface area contributed by atoms with Gasteiger partial charge >= 0.3 is 5.97 Å². The van der Waals surface area contributed by atoms with Gasteiger partial charge in [0.2, 0.25) is 5.91 Å². The number of nitro groups is 1. The molecule has 1 aromatic rings. The molecule has 1 N–H and O–H groups in total. The summed E-state index contributed by atoms with van der Waals surface area (Å²) in [4.78, 5) is 47.9. The number of nitrogens with zero attached hydrogens (tertiary/aromatic N) is 2. The summed E-state index contributed by atoms with van der Waals surface area (Å²) in [5, 5.41) is 19.8. The highest BCUT2D eigenvalue weighted by molar-refractivity contribution is 8.29. The van der Waals surface area contributed by atoms with Crippen LogP contribution in [-0.4, -0.2) is 43.4 Å². The Labute approximate surface area is 168 Å². The second-order valence-electron chi connectivity index (χ2n) is 6.21. The number of non-ortho nitro benzene ring substituents is 1. The molecule has 2 heterocycles. The molecule has 1 unspecified atom stereocenters. The lowest BCUT2D eigenvalue weighted by molar-refractivity contribution is -0.384. The van der Waals surface area contributed by atoms with Gasteiger partial charge in [-0.1, -0.05) is 11.8 Å². The summed E-state index contributed by atoms with van der Waals surface area (Å²) >= 11 is 2.02. The molecule has 1 fully saturated rings. The number of carbonyl (C=O) groups is 3. The third-order valence-electron chi connectivity index (χ3n) is 4.21. The summed E-state index contributed by atoms with van der Waals surface area (Å²) in [5.74, 6) is -1.81. The Balaban J connectivity index is 1.74. The number of nitro benzene ring substituents is 1. The van der Waals surface area contributed by atoms with Gasteiger partial charge in [0, 0.05) is 19.1 Å². The molecule has 28 heavy (non-hydrogen) atoms. The molecule has 1 aromatic carbocycles. The number of aliphatic hydroxyl groups excluding tert-OH is 1. The second kappa shape index (κ2) is 7.94. The van der Waals surface area contributed by atoms with E-state index in [1.807, 2.05) is 0 Å². The van der Waals surface area contributed by atoms with Crippen LogP contribution in [0.1, 0.15) is 19.4 Å². The first kappa shape index (κ1) is 20.4. The lowest BCUT2D eigenvalue weighted by Gasteiger charge is -2.43. The fourth-order valence-corrected chi connectivity index (χ4v) is 5.57. The van der Waals surface area contributed by atoms with Crippen LogP contribution in [0.4, 0.5) is 5.69 Å². The van der Waals surface area contributed by atoms with Crippen LogP contribution in [0.5, 0.6) is 0 Å².